The number of hydrogen-bond donors (Lipinski definition) is 2. The van der Waals surface area contributed by atoms with Gasteiger partial charge in [0.25, 0.3) is 5.91 Å². The second-order valence-corrected chi connectivity index (χ2v) is 6.55. The molecule has 0 bridgehead atoms. The zero-order valence-electron chi connectivity index (χ0n) is 13.0. The predicted molar refractivity (Wildman–Crippen MR) is 90.4 cm³/mol. The SMILES string of the molecule is Cc1ccc(NC(=O)[C@@H]2CSCN2C(=O)c2ccn[nH]2)cc1C. The van der Waals surface area contributed by atoms with Gasteiger partial charge in [0.2, 0.25) is 5.91 Å². The molecule has 2 amide bonds. The maximum atomic E-state index is 12.6. The van der Waals surface area contributed by atoms with Crippen molar-refractivity contribution in [2.45, 2.75) is 19.9 Å². The van der Waals surface area contributed by atoms with E-state index < -0.39 is 6.04 Å². The van der Waals surface area contributed by atoms with Gasteiger partial charge in [-0.05, 0) is 43.2 Å². The van der Waals surface area contributed by atoms with Gasteiger partial charge in [-0.3, -0.25) is 14.7 Å². The van der Waals surface area contributed by atoms with E-state index in [1.807, 2.05) is 32.0 Å². The van der Waals surface area contributed by atoms with Crippen molar-refractivity contribution in [2.24, 2.45) is 0 Å². The molecule has 1 aromatic carbocycles. The van der Waals surface area contributed by atoms with Crippen LogP contribution in [0.1, 0.15) is 21.6 Å². The molecule has 2 heterocycles. The van der Waals surface area contributed by atoms with Gasteiger partial charge in [-0.1, -0.05) is 6.07 Å². The molecule has 0 spiro atoms. The van der Waals surface area contributed by atoms with E-state index in [1.54, 1.807) is 22.7 Å². The fraction of sp³-hybridized carbons (Fsp3) is 0.312. The van der Waals surface area contributed by atoms with E-state index in [-0.39, 0.29) is 11.8 Å². The Morgan fingerprint density at radius 2 is 2.13 bits per heavy atom. The first-order valence-electron chi connectivity index (χ1n) is 7.32. The van der Waals surface area contributed by atoms with Gasteiger partial charge in [-0.15, -0.1) is 11.8 Å². The molecule has 1 aliphatic heterocycles. The van der Waals surface area contributed by atoms with Gasteiger partial charge < -0.3 is 10.2 Å². The molecule has 0 unspecified atom stereocenters. The molecule has 0 saturated carbocycles. The van der Waals surface area contributed by atoms with Gasteiger partial charge in [-0.2, -0.15) is 5.10 Å². The van der Waals surface area contributed by atoms with Gasteiger partial charge in [0, 0.05) is 17.6 Å². The predicted octanol–water partition coefficient (Wildman–Crippen LogP) is 2.18. The molecule has 1 aliphatic rings. The zero-order chi connectivity index (χ0) is 16.4. The maximum Gasteiger partial charge on any atom is 0.273 e. The molecule has 2 N–H and O–H groups in total. The highest BCUT2D eigenvalue weighted by Gasteiger charge is 2.35. The minimum absolute atomic E-state index is 0.161. The van der Waals surface area contributed by atoms with Crippen molar-refractivity contribution in [3.63, 3.8) is 0 Å². The van der Waals surface area contributed by atoms with Crippen molar-refractivity contribution in [1.29, 1.82) is 0 Å². The number of anilines is 1. The summed E-state index contributed by atoms with van der Waals surface area (Å²) in [5.41, 5.74) is 3.45. The van der Waals surface area contributed by atoms with Crippen molar-refractivity contribution in [3.05, 3.63) is 47.3 Å². The number of carbonyl (C=O) groups is 2. The first-order chi connectivity index (χ1) is 11.1. The summed E-state index contributed by atoms with van der Waals surface area (Å²) >= 11 is 1.57. The summed E-state index contributed by atoms with van der Waals surface area (Å²) in [6, 6.07) is 6.93. The molecule has 23 heavy (non-hydrogen) atoms. The van der Waals surface area contributed by atoms with Crippen LogP contribution < -0.4 is 5.32 Å². The number of nitrogens with zero attached hydrogens (tertiary/aromatic N) is 2. The number of aromatic nitrogens is 2. The molecule has 1 atom stereocenters. The molecule has 7 heteroatoms. The van der Waals surface area contributed by atoms with Crippen LogP contribution in [-0.4, -0.2) is 44.6 Å². The fourth-order valence-corrected chi connectivity index (χ4v) is 3.59. The second kappa shape index (κ2) is 6.45. The minimum Gasteiger partial charge on any atom is -0.324 e. The summed E-state index contributed by atoms with van der Waals surface area (Å²) in [6.45, 7) is 4.03. The number of aromatic amines is 1. The Bertz CT molecular complexity index is 730. The number of amides is 2. The molecule has 3 rings (SSSR count). The Kier molecular flexibility index (Phi) is 4.38. The van der Waals surface area contributed by atoms with E-state index in [9.17, 15) is 9.59 Å². The first-order valence-corrected chi connectivity index (χ1v) is 8.48. The molecule has 1 saturated heterocycles. The third-order valence-electron chi connectivity index (χ3n) is 3.95. The molecular weight excluding hydrogens is 312 g/mol. The van der Waals surface area contributed by atoms with Gasteiger partial charge in [0.15, 0.2) is 0 Å². The number of thioether (sulfide) groups is 1. The van der Waals surface area contributed by atoms with E-state index >= 15 is 0 Å². The summed E-state index contributed by atoms with van der Waals surface area (Å²) < 4.78 is 0. The second-order valence-electron chi connectivity index (χ2n) is 5.55. The summed E-state index contributed by atoms with van der Waals surface area (Å²) in [7, 11) is 0. The lowest BCUT2D eigenvalue weighted by Crippen LogP contribution is -2.44. The first kappa shape index (κ1) is 15.6. The van der Waals surface area contributed by atoms with Crippen LogP contribution in [0.5, 0.6) is 0 Å². The Balaban J connectivity index is 1.73. The summed E-state index contributed by atoms with van der Waals surface area (Å²) in [4.78, 5) is 26.6. The van der Waals surface area contributed by atoms with Crippen molar-refractivity contribution in [2.75, 3.05) is 16.9 Å². The van der Waals surface area contributed by atoms with Gasteiger partial charge in [-0.25, -0.2) is 0 Å². The van der Waals surface area contributed by atoms with E-state index in [0.717, 1.165) is 11.3 Å². The molecule has 0 radical (unpaired) electrons. The van der Waals surface area contributed by atoms with Gasteiger partial charge >= 0.3 is 0 Å². The van der Waals surface area contributed by atoms with Crippen LogP contribution in [-0.2, 0) is 4.79 Å². The third-order valence-corrected chi connectivity index (χ3v) is 4.96. The van der Waals surface area contributed by atoms with Crippen LogP contribution in [0.15, 0.2) is 30.5 Å². The molecule has 2 aromatic rings. The number of carbonyl (C=O) groups excluding carboxylic acids is 2. The van der Waals surface area contributed by atoms with Crippen LogP contribution in [0.25, 0.3) is 0 Å². The molecule has 0 aliphatic carbocycles. The third kappa shape index (κ3) is 3.24. The van der Waals surface area contributed by atoms with Crippen molar-refractivity contribution < 1.29 is 9.59 Å². The van der Waals surface area contributed by atoms with Crippen LogP contribution in [0, 0.1) is 13.8 Å². The number of nitrogens with one attached hydrogen (secondary N) is 2. The number of aryl methyl sites for hydroxylation is 2. The number of benzene rings is 1. The van der Waals surface area contributed by atoms with Gasteiger partial charge in [0.05, 0.1) is 5.88 Å². The summed E-state index contributed by atoms with van der Waals surface area (Å²) in [5, 5.41) is 9.35. The standard InChI is InChI=1S/C16H18N4O2S/c1-10-3-4-12(7-11(10)2)18-15(21)14-8-23-9-20(14)16(22)13-5-6-17-19-13/h3-7,14H,8-9H2,1-2H3,(H,17,19)(H,18,21)/t14-/m0/s1. The summed E-state index contributed by atoms with van der Waals surface area (Å²) in [6.07, 6.45) is 1.53. The topological polar surface area (TPSA) is 78.1 Å². The molecule has 120 valence electrons. The number of hydrogen-bond acceptors (Lipinski definition) is 4. The minimum atomic E-state index is -0.475. The van der Waals surface area contributed by atoms with E-state index in [2.05, 4.69) is 15.5 Å². The lowest BCUT2D eigenvalue weighted by molar-refractivity contribution is -0.119. The largest absolute Gasteiger partial charge is 0.324 e. The Morgan fingerprint density at radius 3 is 2.83 bits per heavy atom. The Hall–Kier alpha value is -2.28. The van der Waals surface area contributed by atoms with Crippen molar-refractivity contribution in [1.82, 2.24) is 15.1 Å². The molecular formula is C16H18N4O2S. The maximum absolute atomic E-state index is 12.6. The number of H-pyrrole nitrogens is 1. The monoisotopic (exact) mass is 330 g/mol. The van der Waals surface area contributed by atoms with E-state index in [1.165, 1.54) is 11.8 Å². The average Bonchev–Trinajstić information content (AvgIpc) is 3.21. The highest BCUT2D eigenvalue weighted by molar-refractivity contribution is 7.99. The van der Waals surface area contributed by atoms with E-state index in [0.29, 0.717) is 17.3 Å². The number of rotatable bonds is 3. The van der Waals surface area contributed by atoms with E-state index in [4.69, 9.17) is 0 Å². The van der Waals surface area contributed by atoms with Crippen LogP contribution >= 0.6 is 11.8 Å². The Labute approximate surface area is 138 Å². The molecule has 1 aromatic heterocycles. The highest BCUT2D eigenvalue weighted by atomic mass is 32.2. The van der Waals surface area contributed by atoms with Crippen molar-refractivity contribution in [3.8, 4) is 0 Å². The smallest absolute Gasteiger partial charge is 0.273 e. The van der Waals surface area contributed by atoms with Crippen LogP contribution in [0.2, 0.25) is 0 Å². The zero-order valence-corrected chi connectivity index (χ0v) is 13.8. The van der Waals surface area contributed by atoms with Gasteiger partial charge in [0.1, 0.15) is 11.7 Å². The van der Waals surface area contributed by atoms with Crippen molar-refractivity contribution >= 4 is 29.3 Å². The molecule has 1 fully saturated rings. The lowest BCUT2D eigenvalue weighted by atomic mass is 10.1. The van der Waals surface area contributed by atoms with Crippen LogP contribution in [0.4, 0.5) is 5.69 Å². The van der Waals surface area contributed by atoms with Crippen LogP contribution in [0.3, 0.4) is 0 Å². The highest BCUT2D eigenvalue weighted by Crippen LogP contribution is 2.24. The summed E-state index contributed by atoms with van der Waals surface area (Å²) in [5.74, 6) is 0.734. The lowest BCUT2D eigenvalue weighted by Gasteiger charge is -2.22. The average molecular weight is 330 g/mol. The molecule has 6 nitrogen and oxygen atoms in total. The Morgan fingerprint density at radius 1 is 1.30 bits per heavy atom. The normalized spacial score (nSPS) is 17.3. The quantitative estimate of drug-likeness (QED) is 0.904. The fourth-order valence-electron chi connectivity index (χ4n) is 2.43.